The molecule has 16 heavy (non-hydrogen) atoms. The van der Waals surface area contributed by atoms with E-state index in [4.69, 9.17) is 5.11 Å². The lowest BCUT2D eigenvalue weighted by Gasteiger charge is -2.10. The number of rotatable bonds is 6. The summed E-state index contributed by atoms with van der Waals surface area (Å²) < 4.78 is 1.14. The Morgan fingerprint density at radius 1 is 1.62 bits per heavy atom. The fourth-order valence-electron chi connectivity index (χ4n) is 1.67. The molecule has 2 nitrogen and oxygen atoms in total. The van der Waals surface area contributed by atoms with E-state index in [1.54, 1.807) is 11.3 Å². The zero-order chi connectivity index (χ0) is 11.6. The normalized spacial score (nSPS) is 17.3. The van der Waals surface area contributed by atoms with Gasteiger partial charge in [0.1, 0.15) is 0 Å². The van der Waals surface area contributed by atoms with E-state index < -0.39 is 5.97 Å². The second-order valence-electron chi connectivity index (χ2n) is 4.29. The Labute approximate surface area is 112 Å². The number of thiophene rings is 1. The summed E-state index contributed by atoms with van der Waals surface area (Å²) in [5.41, 5.74) is 0.116. The van der Waals surface area contributed by atoms with E-state index in [-0.39, 0.29) is 5.41 Å². The van der Waals surface area contributed by atoms with Gasteiger partial charge in [0.2, 0.25) is 0 Å². The van der Waals surface area contributed by atoms with Gasteiger partial charge < -0.3 is 5.11 Å². The second-order valence-corrected chi connectivity index (χ2v) is 7.19. The van der Waals surface area contributed by atoms with E-state index in [1.165, 1.54) is 4.88 Å². The van der Waals surface area contributed by atoms with E-state index in [9.17, 15) is 4.79 Å². The number of hydrogen-bond acceptors (Lipinski definition) is 3. The van der Waals surface area contributed by atoms with E-state index in [1.807, 2.05) is 11.8 Å². The molecule has 5 heteroatoms. The molecule has 1 aliphatic carbocycles. The number of carboxylic acids is 1. The summed E-state index contributed by atoms with van der Waals surface area (Å²) in [7, 11) is 0. The number of hydrogen-bond donors (Lipinski definition) is 1. The maximum absolute atomic E-state index is 10.7. The third kappa shape index (κ3) is 3.50. The highest BCUT2D eigenvalue weighted by Gasteiger charge is 2.43. The lowest BCUT2D eigenvalue weighted by molar-refractivity contribution is -0.138. The molecule has 0 unspecified atom stereocenters. The monoisotopic (exact) mass is 320 g/mol. The number of halogens is 1. The van der Waals surface area contributed by atoms with Gasteiger partial charge in [-0.25, -0.2) is 0 Å². The number of aliphatic carboxylic acids is 1. The molecule has 1 saturated carbocycles. The maximum Gasteiger partial charge on any atom is 0.303 e. The van der Waals surface area contributed by atoms with Crippen molar-refractivity contribution in [2.45, 2.75) is 25.0 Å². The maximum atomic E-state index is 10.7. The van der Waals surface area contributed by atoms with Gasteiger partial charge in [-0.3, -0.25) is 4.79 Å². The highest BCUT2D eigenvalue weighted by molar-refractivity contribution is 9.10. The molecule has 0 saturated heterocycles. The predicted molar refractivity (Wildman–Crippen MR) is 72.1 cm³/mol. The first kappa shape index (κ1) is 12.5. The summed E-state index contributed by atoms with van der Waals surface area (Å²) in [4.78, 5) is 12.0. The standard InChI is InChI=1S/C11H13BrO2S2/c12-8-3-9(16-5-8)6-15-7-11(1-2-11)4-10(13)14/h3,5H,1-2,4,6-7H2,(H,13,14). The molecule has 0 bridgehead atoms. The summed E-state index contributed by atoms with van der Waals surface area (Å²) in [5.74, 6) is 1.32. The summed E-state index contributed by atoms with van der Waals surface area (Å²) in [5, 5.41) is 10.9. The highest BCUT2D eigenvalue weighted by atomic mass is 79.9. The van der Waals surface area contributed by atoms with Gasteiger partial charge in [0.15, 0.2) is 0 Å². The van der Waals surface area contributed by atoms with Crippen molar-refractivity contribution < 1.29 is 9.90 Å². The van der Waals surface area contributed by atoms with E-state index in [0.29, 0.717) is 6.42 Å². The molecule has 1 heterocycles. The SMILES string of the molecule is O=C(O)CC1(CSCc2cc(Br)cs2)CC1. The molecule has 1 N–H and O–H groups in total. The van der Waals surface area contributed by atoms with Crippen LogP contribution in [0.2, 0.25) is 0 Å². The molecular weight excluding hydrogens is 308 g/mol. The van der Waals surface area contributed by atoms with E-state index >= 15 is 0 Å². The van der Waals surface area contributed by atoms with Crippen molar-refractivity contribution in [3.05, 3.63) is 20.8 Å². The van der Waals surface area contributed by atoms with Crippen LogP contribution < -0.4 is 0 Å². The molecule has 0 aliphatic heterocycles. The van der Waals surface area contributed by atoms with Gasteiger partial charge in [0.05, 0.1) is 6.42 Å². The minimum atomic E-state index is -0.656. The minimum Gasteiger partial charge on any atom is -0.481 e. The lowest BCUT2D eigenvalue weighted by atomic mass is 10.1. The van der Waals surface area contributed by atoms with Crippen molar-refractivity contribution in [3.8, 4) is 0 Å². The van der Waals surface area contributed by atoms with Gasteiger partial charge in [0.25, 0.3) is 0 Å². The lowest BCUT2D eigenvalue weighted by Crippen LogP contribution is -2.11. The number of thioether (sulfide) groups is 1. The Morgan fingerprint density at radius 2 is 2.38 bits per heavy atom. The highest BCUT2D eigenvalue weighted by Crippen LogP contribution is 2.51. The average Bonchev–Trinajstić information content (AvgIpc) is 2.80. The van der Waals surface area contributed by atoms with E-state index in [0.717, 1.165) is 28.8 Å². The van der Waals surface area contributed by atoms with Crippen molar-refractivity contribution in [2.24, 2.45) is 5.41 Å². The molecule has 1 aromatic rings. The number of carboxylic acid groups (broad SMARTS) is 1. The van der Waals surface area contributed by atoms with Crippen molar-refractivity contribution in [2.75, 3.05) is 5.75 Å². The van der Waals surface area contributed by atoms with Crippen LogP contribution in [-0.4, -0.2) is 16.8 Å². The summed E-state index contributed by atoms with van der Waals surface area (Å²) in [6.07, 6.45) is 2.51. The van der Waals surface area contributed by atoms with Crippen molar-refractivity contribution in [3.63, 3.8) is 0 Å². The minimum absolute atomic E-state index is 0.116. The topological polar surface area (TPSA) is 37.3 Å². The second kappa shape index (κ2) is 5.10. The fraction of sp³-hybridized carbons (Fsp3) is 0.545. The molecule has 88 valence electrons. The van der Waals surface area contributed by atoms with Gasteiger partial charge in [-0.05, 0) is 46.0 Å². The van der Waals surface area contributed by atoms with E-state index in [2.05, 4.69) is 27.4 Å². The largest absolute Gasteiger partial charge is 0.481 e. The van der Waals surface area contributed by atoms with Gasteiger partial charge in [-0.1, -0.05) is 0 Å². The molecule has 1 aliphatic rings. The summed E-state index contributed by atoms with van der Waals surface area (Å²) >= 11 is 7.04. The van der Waals surface area contributed by atoms with Gasteiger partial charge >= 0.3 is 5.97 Å². The Bertz CT molecular complexity index is 385. The van der Waals surface area contributed by atoms with Gasteiger partial charge in [-0.2, -0.15) is 11.8 Å². The predicted octanol–water partition coefficient (Wildman–Crippen LogP) is 4.00. The van der Waals surface area contributed by atoms with Gasteiger partial charge in [-0.15, -0.1) is 11.3 Å². The third-order valence-electron chi connectivity index (χ3n) is 2.76. The third-order valence-corrected chi connectivity index (χ3v) is 5.97. The molecule has 1 fully saturated rings. The van der Waals surface area contributed by atoms with Crippen LogP contribution in [0.5, 0.6) is 0 Å². The molecule has 1 aromatic heterocycles. The first-order valence-electron chi connectivity index (χ1n) is 5.12. The molecular formula is C11H13BrO2S2. The van der Waals surface area contributed by atoms with Crippen molar-refractivity contribution in [1.82, 2.24) is 0 Å². The molecule has 0 amide bonds. The summed E-state index contributed by atoms with van der Waals surface area (Å²) in [6.45, 7) is 0. The van der Waals surface area contributed by atoms with Crippen molar-refractivity contribution >= 4 is 45.0 Å². The smallest absolute Gasteiger partial charge is 0.303 e. The Hall–Kier alpha value is -0.0000000000000000833. The first-order valence-corrected chi connectivity index (χ1v) is 7.95. The zero-order valence-electron chi connectivity index (χ0n) is 8.74. The Morgan fingerprint density at radius 3 is 2.88 bits per heavy atom. The molecule has 0 spiro atoms. The van der Waals surface area contributed by atoms with Crippen LogP contribution in [0.4, 0.5) is 0 Å². The molecule has 0 atom stereocenters. The molecule has 0 radical (unpaired) electrons. The Balaban J connectivity index is 1.74. The van der Waals surface area contributed by atoms with Gasteiger partial charge in [0, 0.05) is 20.5 Å². The first-order chi connectivity index (χ1) is 7.60. The van der Waals surface area contributed by atoms with Crippen LogP contribution >= 0.6 is 39.0 Å². The summed E-state index contributed by atoms with van der Waals surface area (Å²) in [6, 6.07) is 2.13. The van der Waals surface area contributed by atoms with Crippen LogP contribution in [0.25, 0.3) is 0 Å². The van der Waals surface area contributed by atoms with Crippen molar-refractivity contribution in [1.29, 1.82) is 0 Å². The fourth-order valence-corrected chi connectivity index (χ4v) is 4.64. The Kier molecular flexibility index (Phi) is 3.97. The molecule has 2 rings (SSSR count). The van der Waals surface area contributed by atoms with Crippen LogP contribution in [0, 0.1) is 5.41 Å². The van der Waals surface area contributed by atoms with Crippen LogP contribution in [0.1, 0.15) is 24.1 Å². The van der Waals surface area contributed by atoms with Crippen LogP contribution in [0.15, 0.2) is 15.9 Å². The quantitative estimate of drug-likeness (QED) is 0.860. The zero-order valence-corrected chi connectivity index (χ0v) is 12.0. The van der Waals surface area contributed by atoms with Crippen LogP contribution in [-0.2, 0) is 10.5 Å². The van der Waals surface area contributed by atoms with Crippen LogP contribution in [0.3, 0.4) is 0 Å². The average molecular weight is 321 g/mol. The number of carbonyl (C=O) groups is 1. The molecule has 0 aromatic carbocycles.